The molecule has 0 aromatic heterocycles. The Bertz CT molecular complexity index is 848. The molecule has 150 valence electrons. The van der Waals surface area contributed by atoms with E-state index in [0.29, 0.717) is 22.2 Å². The highest BCUT2D eigenvalue weighted by Gasteiger charge is 2.18. The first kappa shape index (κ1) is 22.6. The van der Waals surface area contributed by atoms with Crippen LogP contribution >= 0.6 is 35.0 Å². The van der Waals surface area contributed by atoms with Crippen molar-refractivity contribution >= 4 is 58.2 Å². The minimum atomic E-state index is -0.337. The van der Waals surface area contributed by atoms with E-state index in [1.165, 1.54) is 11.8 Å². The van der Waals surface area contributed by atoms with Crippen molar-refractivity contribution in [3.05, 3.63) is 52.5 Å². The van der Waals surface area contributed by atoms with Crippen LogP contribution in [0.1, 0.15) is 34.1 Å². The molecular formula is C21H24Cl2N2O2S. The lowest BCUT2D eigenvalue weighted by molar-refractivity contribution is -0.118. The molecule has 2 aromatic rings. The molecule has 0 heterocycles. The summed E-state index contributed by atoms with van der Waals surface area (Å²) in [6.07, 6.45) is 0.451. The number of hydrogen-bond donors (Lipinski definition) is 2. The quantitative estimate of drug-likeness (QED) is 0.506. The number of halogens is 2. The molecule has 2 rings (SSSR count). The molecule has 0 spiro atoms. The molecule has 1 atom stereocenters. The molecule has 2 aromatic carbocycles. The van der Waals surface area contributed by atoms with E-state index in [9.17, 15) is 9.59 Å². The molecule has 28 heavy (non-hydrogen) atoms. The molecule has 0 fully saturated rings. The summed E-state index contributed by atoms with van der Waals surface area (Å²) < 4.78 is 0. The fourth-order valence-corrected chi connectivity index (χ4v) is 3.61. The molecule has 2 amide bonds. The second-order valence-electron chi connectivity index (χ2n) is 7.66. The van der Waals surface area contributed by atoms with Crippen molar-refractivity contribution in [2.24, 2.45) is 5.41 Å². The van der Waals surface area contributed by atoms with Gasteiger partial charge in [0, 0.05) is 17.0 Å². The van der Waals surface area contributed by atoms with E-state index in [2.05, 4.69) is 10.6 Å². The second kappa shape index (κ2) is 9.68. The molecule has 0 aliphatic carbocycles. The van der Waals surface area contributed by atoms with E-state index >= 15 is 0 Å². The van der Waals surface area contributed by atoms with E-state index in [0.717, 1.165) is 10.6 Å². The number of carbonyl (C=O) groups excluding carboxylic acids is 2. The molecule has 0 saturated heterocycles. The number of carbonyl (C=O) groups is 2. The van der Waals surface area contributed by atoms with Crippen LogP contribution in [0.25, 0.3) is 0 Å². The zero-order valence-corrected chi connectivity index (χ0v) is 18.6. The zero-order valence-electron chi connectivity index (χ0n) is 16.3. The average Bonchev–Trinajstić information content (AvgIpc) is 2.59. The van der Waals surface area contributed by atoms with Gasteiger partial charge in [0.25, 0.3) is 0 Å². The SMILES string of the molecule is CC(Sc1ccc(NC(=O)CC(C)(C)C)cc1)C(=O)Nc1cccc(Cl)c1Cl. The Morgan fingerprint density at radius 3 is 2.29 bits per heavy atom. The first-order valence-corrected chi connectivity index (χ1v) is 10.5. The fourth-order valence-electron chi connectivity index (χ4n) is 2.40. The van der Waals surface area contributed by atoms with Gasteiger partial charge >= 0.3 is 0 Å². The van der Waals surface area contributed by atoms with Gasteiger partial charge in [-0.15, -0.1) is 11.8 Å². The molecule has 2 N–H and O–H groups in total. The van der Waals surface area contributed by atoms with Gasteiger partial charge < -0.3 is 10.6 Å². The molecule has 0 aliphatic rings. The first-order valence-electron chi connectivity index (χ1n) is 8.86. The van der Waals surface area contributed by atoms with Gasteiger partial charge in [-0.1, -0.05) is 50.0 Å². The predicted molar refractivity (Wildman–Crippen MR) is 120 cm³/mol. The number of thioether (sulfide) groups is 1. The highest BCUT2D eigenvalue weighted by molar-refractivity contribution is 8.00. The Hall–Kier alpha value is -1.69. The minimum Gasteiger partial charge on any atom is -0.326 e. The fraction of sp³-hybridized carbons (Fsp3) is 0.333. The summed E-state index contributed by atoms with van der Waals surface area (Å²) in [5.74, 6) is -0.184. The highest BCUT2D eigenvalue weighted by atomic mass is 35.5. The second-order valence-corrected chi connectivity index (χ2v) is 9.86. The van der Waals surface area contributed by atoms with E-state index in [-0.39, 0.29) is 22.5 Å². The van der Waals surface area contributed by atoms with Crippen molar-refractivity contribution in [1.29, 1.82) is 0 Å². The summed E-state index contributed by atoms with van der Waals surface area (Å²) in [7, 11) is 0. The van der Waals surface area contributed by atoms with Crippen molar-refractivity contribution < 1.29 is 9.59 Å². The first-order chi connectivity index (χ1) is 13.0. The van der Waals surface area contributed by atoms with Crippen LogP contribution in [0, 0.1) is 5.41 Å². The monoisotopic (exact) mass is 438 g/mol. The Labute approximate surface area is 180 Å². The summed E-state index contributed by atoms with van der Waals surface area (Å²) in [4.78, 5) is 25.4. The number of benzene rings is 2. The maximum absolute atomic E-state index is 12.4. The van der Waals surface area contributed by atoms with Gasteiger partial charge in [-0.05, 0) is 48.7 Å². The molecule has 0 saturated carbocycles. The Kier molecular flexibility index (Phi) is 7.81. The lowest BCUT2D eigenvalue weighted by atomic mass is 9.92. The van der Waals surface area contributed by atoms with Gasteiger partial charge in [0.1, 0.15) is 0 Å². The normalized spacial score (nSPS) is 12.4. The summed E-state index contributed by atoms with van der Waals surface area (Å²) in [6, 6.07) is 12.5. The van der Waals surface area contributed by atoms with E-state index in [4.69, 9.17) is 23.2 Å². The minimum absolute atomic E-state index is 0.0148. The van der Waals surface area contributed by atoms with Gasteiger partial charge in [0.2, 0.25) is 11.8 Å². The van der Waals surface area contributed by atoms with Crippen LogP contribution in [-0.4, -0.2) is 17.1 Å². The molecular weight excluding hydrogens is 415 g/mol. The maximum Gasteiger partial charge on any atom is 0.237 e. The van der Waals surface area contributed by atoms with Crippen molar-refractivity contribution in [2.75, 3.05) is 10.6 Å². The zero-order chi connectivity index (χ0) is 20.9. The Balaban J connectivity index is 1.93. The van der Waals surface area contributed by atoms with Gasteiger partial charge in [-0.2, -0.15) is 0 Å². The number of rotatable bonds is 6. The van der Waals surface area contributed by atoms with Crippen LogP contribution in [0.5, 0.6) is 0 Å². The van der Waals surface area contributed by atoms with Gasteiger partial charge in [0.05, 0.1) is 21.0 Å². The molecule has 0 radical (unpaired) electrons. The van der Waals surface area contributed by atoms with Crippen LogP contribution in [-0.2, 0) is 9.59 Å². The number of nitrogens with one attached hydrogen (secondary N) is 2. The topological polar surface area (TPSA) is 58.2 Å². The van der Waals surface area contributed by atoms with Crippen molar-refractivity contribution in [1.82, 2.24) is 0 Å². The highest BCUT2D eigenvalue weighted by Crippen LogP contribution is 2.31. The van der Waals surface area contributed by atoms with Gasteiger partial charge in [-0.3, -0.25) is 9.59 Å². The molecule has 1 unspecified atom stereocenters. The molecule has 0 bridgehead atoms. The lowest BCUT2D eigenvalue weighted by Crippen LogP contribution is -2.22. The third-order valence-electron chi connectivity index (χ3n) is 3.72. The number of anilines is 2. The molecule has 7 heteroatoms. The van der Waals surface area contributed by atoms with Crippen LogP contribution in [0.3, 0.4) is 0 Å². The van der Waals surface area contributed by atoms with Crippen molar-refractivity contribution in [3.8, 4) is 0 Å². The van der Waals surface area contributed by atoms with Crippen LogP contribution < -0.4 is 10.6 Å². The van der Waals surface area contributed by atoms with E-state index in [1.54, 1.807) is 18.2 Å². The third-order valence-corrected chi connectivity index (χ3v) is 5.65. The van der Waals surface area contributed by atoms with Crippen LogP contribution in [0.2, 0.25) is 10.0 Å². The largest absolute Gasteiger partial charge is 0.326 e. The van der Waals surface area contributed by atoms with Gasteiger partial charge in [-0.25, -0.2) is 0 Å². The maximum atomic E-state index is 12.4. The van der Waals surface area contributed by atoms with Crippen molar-refractivity contribution in [2.45, 2.75) is 44.3 Å². The average molecular weight is 439 g/mol. The summed E-state index contributed by atoms with van der Waals surface area (Å²) in [5.41, 5.74) is 1.17. The number of amides is 2. The molecule has 0 aliphatic heterocycles. The third kappa shape index (κ3) is 7.04. The van der Waals surface area contributed by atoms with E-state index < -0.39 is 0 Å². The lowest BCUT2D eigenvalue weighted by Gasteiger charge is -2.17. The van der Waals surface area contributed by atoms with Crippen LogP contribution in [0.4, 0.5) is 11.4 Å². The van der Waals surface area contributed by atoms with E-state index in [1.807, 2.05) is 52.0 Å². The van der Waals surface area contributed by atoms with Crippen molar-refractivity contribution in [3.63, 3.8) is 0 Å². The predicted octanol–water partition coefficient (Wildman–Crippen LogP) is 6.49. The number of hydrogen-bond acceptors (Lipinski definition) is 3. The Morgan fingerprint density at radius 2 is 1.68 bits per heavy atom. The smallest absolute Gasteiger partial charge is 0.237 e. The summed E-state index contributed by atoms with van der Waals surface area (Å²) in [6.45, 7) is 7.89. The standard InChI is InChI=1S/C21H24Cl2N2O2S/c1-13(20(27)25-17-7-5-6-16(22)19(17)23)28-15-10-8-14(9-11-15)24-18(26)12-21(2,3)4/h5-11,13H,12H2,1-4H3,(H,24,26)(H,25,27). The van der Waals surface area contributed by atoms with Crippen LogP contribution in [0.15, 0.2) is 47.4 Å². The summed E-state index contributed by atoms with van der Waals surface area (Å²) >= 11 is 13.5. The molecule has 4 nitrogen and oxygen atoms in total. The Morgan fingerprint density at radius 1 is 1.04 bits per heavy atom. The summed E-state index contributed by atoms with van der Waals surface area (Å²) in [5, 5.41) is 6.07. The van der Waals surface area contributed by atoms with Gasteiger partial charge in [0.15, 0.2) is 0 Å².